The first-order valence-electron chi connectivity index (χ1n) is 7.38. The molecule has 128 valence electrons. The topological polar surface area (TPSA) is 74.7 Å². The summed E-state index contributed by atoms with van der Waals surface area (Å²) in [6.07, 6.45) is 0.131. The number of hydrogen-bond acceptors (Lipinski definition) is 3. The van der Waals surface area contributed by atoms with Crippen molar-refractivity contribution in [1.29, 1.82) is 0 Å². The van der Waals surface area contributed by atoms with Crippen molar-refractivity contribution in [3.63, 3.8) is 0 Å². The van der Waals surface area contributed by atoms with Gasteiger partial charge in [0.1, 0.15) is 0 Å². The third-order valence-electron chi connectivity index (χ3n) is 3.48. The zero-order valence-electron chi connectivity index (χ0n) is 13.1. The largest absolute Gasteiger partial charge is 0.481 e. The van der Waals surface area contributed by atoms with E-state index in [2.05, 4.69) is 15.9 Å². The third kappa shape index (κ3) is 4.36. The van der Waals surface area contributed by atoms with Crippen LogP contribution in [0.25, 0.3) is 0 Å². The van der Waals surface area contributed by atoms with Crippen LogP contribution in [0.2, 0.25) is 0 Å². The van der Waals surface area contributed by atoms with Crippen LogP contribution < -0.4 is 4.31 Å². The number of aliphatic carboxylic acids is 1. The minimum Gasteiger partial charge on any atom is -0.481 e. The van der Waals surface area contributed by atoms with Gasteiger partial charge in [-0.3, -0.25) is 9.10 Å². The predicted octanol–water partition coefficient (Wildman–Crippen LogP) is 3.82. The highest BCUT2D eigenvalue weighted by Crippen LogP contribution is 2.31. The van der Waals surface area contributed by atoms with Crippen LogP contribution in [0.5, 0.6) is 0 Å². The molecule has 0 radical (unpaired) electrons. The number of hydrogen-bond donors (Lipinski definition) is 1. The Hall–Kier alpha value is -1.86. The molecule has 1 N–H and O–H groups in total. The Kier molecular flexibility index (Phi) is 6.01. The molecule has 24 heavy (non-hydrogen) atoms. The molecule has 0 aliphatic carbocycles. The van der Waals surface area contributed by atoms with Crippen LogP contribution in [0.4, 0.5) is 5.69 Å². The predicted molar refractivity (Wildman–Crippen MR) is 96.7 cm³/mol. The lowest BCUT2D eigenvalue weighted by atomic mass is 10.2. The first-order valence-corrected chi connectivity index (χ1v) is 9.61. The summed E-state index contributed by atoms with van der Waals surface area (Å²) in [6, 6.07) is 13.6. The van der Waals surface area contributed by atoms with Gasteiger partial charge in [0, 0.05) is 17.4 Å². The molecule has 5 nitrogen and oxygen atoms in total. The average molecular weight is 412 g/mol. The smallest absolute Gasteiger partial charge is 0.303 e. The summed E-state index contributed by atoms with van der Waals surface area (Å²) >= 11 is 3.37. The number of carboxylic acids is 1. The molecule has 0 atom stereocenters. The van der Waals surface area contributed by atoms with Gasteiger partial charge in [0.05, 0.1) is 10.6 Å². The molecular weight excluding hydrogens is 394 g/mol. The Morgan fingerprint density at radius 1 is 1.12 bits per heavy atom. The highest BCUT2D eigenvalue weighted by atomic mass is 79.9. The van der Waals surface area contributed by atoms with E-state index in [1.807, 2.05) is 6.92 Å². The number of aryl methyl sites for hydroxylation is 1. The molecule has 0 aliphatic heterocycles. The third-order valence-corrected chi connectivity index (χ3v) is 5.98. The lowest BCUT2D eigenvalue weighted by Crippen LogP contribution is -2.32. The number of nitrogens with zero attached hydrogens (tertiary/aromatic N) is 1. The second-order valence-corrected chi connectivity index (χ2v) is 8.06. The van der Waals surface area contributed by atoms with E-state index in [1.54, 1.807) is 48.5 Å². The summed E-state index contributed by atoms with van der Waals surface area (Å²) in [5, 5.41) is 8.82. The van der Waals surface area contributed by atoms with E-state index < -0.39 is 16.0 Å². The van der Waals surface area contributed by atoms with E-state index in [0.717, 1.165) is 5.56 Å². The van der Waals surface area contributed by atoms with E-state index >= 15 is 0 Å². The van der Waals surface area contributed by atoms with E-state index in [1.165, 1.54) is 4.31 Å². The van der Waals surface area contributed by atoms with E-state index in [0.29, 0.717) is 10.2 Å². The van der Waals surface area contributed by atoms with E-state index in [4.69, 9.17) is 5.11 Å². The number of sulfonamides is 1. The van der Waals surface area contributed by atoms with Gasteiger partial charge in [0.15, 0.2) is 0 Å². The van der Waals surface area contributed by atoms with Crippen molar-refractivity contribution in [3.8, 4) is 0 Å². The molecule has 7 heteroatoms. The van der Waals surface area contributed by atoms with Gasteiger partial charge in [-0.2, -0.15) is 0 Å². The number of para-hydroxylation sites is 1. The van der Waals surface area contributed by atoms with Gasteiger partial charge in [0.25, 0.3) is 10.0 Å². The highest BCUT2D eigenvalue weighted by Gasteiger charge is 2.26. The maximum atomic E-state index is 13.0. The number of carbonyl (C=O) groups is 1. The molecule has 0 bridgehead atoms. The molecule has 0 aromatic heterocycles. The van der Waals surface area contributed by atoms with Crippen LogP contribution in [-0.2, 0) is 14.8 Å². The Morgan fingerprint density at radius 3 is 2.33 bits per heavy atom. The standard InChI is InChI=1S/C17H18BrNO4S/c1-13-8-10-14(11-9-13)24(22,23)19(12-4-7-17(20)21)16-6-3-2-5-15(16)18/h2-3,5-6,8-11H,4,7,12H2,1H3,(H,20,21). The molecule has 2 aromatic carbocycles. The second-order valence-electron chi connectivity index (χ2n) is 5.34. The second kappa shape index (κ2) is 7.81. The Morgan fingerprint density at radius 2 is 1.75 bits per heavy atom. The van der Waals surface area contributed by atoms with Crippen LogP contribution in [0.15, 0.2) is 57.9 Å². The zero-order valence-corrected chi connectivity index (χ0v) is 15.5. The number of rotatable bonds is 7. The molecule has 0 heterocycles. The summed E-state index contributed by atoms with van der Waals surface area (Å²) in [4.78, 5) is 10.9. The Bertz CT molecular complexity index is 819. The fourth-order valence-electron chi connectivity index (χ4n) is 2.24. The molecule has 0 unspecified atom stereocenters. The fraction of sp³-hybridized carbons (Fsp3) is 0.235. The van der Waals surface area contributed by atoms with Gasteiger partial charge in [-0.1, -0.05) is 29.8 Å². The van der Waals surface area contributed by atoms with Crippen LogP contribution in [0.1, 0.15) is 18.4 Å². The fourth-order valence-corrected chi connectivity index (χ4v) is 4.37. The minimum absolute atomic E-state index is 0.0884. The number of anilines is 1. The molecule has 2 aromatic rings. The summed E-state index contributed by atoms with van der Waals surface area (Å²) in [5.41, 5.74) is 1.45. The summed E-state index contributed by atoms with van der Waals surface area (Å²) in [7, 11) is -3.78. The number of carboxylic acid groups (broad SMARTS) is 1. The normalized spacial score (nSPS) is 11.2. The zero-order chi connectivity index (χ0) is 17.7. The SMILES string of the molecule is Cc1ccc(S(=O)(=O)N(CCCC(=O)O)c2ccccc2Br)cc1. The molecule has 0 saturated heterocycles. The maximum Gasteiger partial charge on any atom is 0.303 e. The summed E-state index contributed by atoms with van der Waals surface area (Å²) < 4.78 is 27.9. The van der Waals surface area contributed by atoms with Gasteiger partial charge in [-0.25, -0.2) is 8.42 Å². The van der Waals surface area contributed by atoms with Crippen molar-refractivity contribution >= 4 is 37.6 Å². The van der Waals surface area contributed by atoms with Gasteiger partial charge < -0.3 is 5.11 Å². The van der Waals surface area contributed by atoms with E-state index in [9.17, 15) is 13.2 Å². The maximum absolute atomic E-state index is 13.0. The molecule has 0 saturated carbocycles. The first kappa shape index (κ1) is 18.5. The molecule has 0 amide bonds. The minimum atomic E-state index is -3.78. The number of benzene rings is 2. The molecule has 0 fully saturated rings. The lowest BCUT2D eigenvalue weighted by Gasteiger charge is -2.25. The van der Waals surface area contributed by atoms with Crippen molar-refractivity contribution < 1.29 is 18.3 Å². The van der Waals surface area contributed by atoms with Crippen molar-refractivity contribution in [2.75, 3.05) is 10.8 Å². The summed E-state index contributed by atoms with van der Waals surface area (Å²) in [6.45, 7) is 1.97. The van der Waals surface area contributed by atoms with Crippen LogP contribution in [-0.4, -0.2) is 26.0 Å². The van der Waals surface area contributed by atoms with Crippen molar-refractivity contribution in [3.05, 3.63) is 58.6 Å². The van der Waals surface area contributed by atoms with Crippen molar-refractivity contribution in [2.45, 2.75) is 24.7 Å². The van der Waals surface area contributed by atoms with Gasteiger partial charge in [-0.15, -0.1) is 0 Å². The monoisotopic (exact) mass is 411 g/mol. The molecule has 2 rings (SSSR count). The molecular formula is C17H18BrNO4S. The lowest BCUT2D eigenvalue weighted by molar-refractivity contribution is -0.137. The molecule has 0 aliphatic rings. The van der Waals surface area contributed by atoms with Gasteiger partial charge >= 0.3 is 5.97 Å². The first-order chi connectivity index (χ1) is 11.3. The Labute approximate surface area is 150 Å². The number of halogens is 1. The van der Waals surface area contributed by atoms with Crippen molar-refractivity contribution in [2.24, 2.45) is 0 Å². The Balaban J connectivity index is 2.42. The van der Waals surface area contributed by atoms with Gasteiger partial charge in [0.2, 0.25) is 0 Å². The average Bonchev–Trinajstić information content (AvgIpc) is 2.52. The quantitative estimate of drug-likeness (QED) is 0.751. The van der Waals surface area contributed by atoms with Gasteiger partial charge in [-0.05, 0) is 53.5 Å². The summed E-state index contributed by atoms with van der Waals surface area (Å²) in [5.74, 6) is -0.949. The van der Waals surface area contributed by atoms with Crippen LogP contribution in [0.3, 0.4) is 0 Å². The van der Waals surface area contributed by atoms with Crippen LogP contribution >= 0.6 is 15.9 Å². The van der Waals surface area contributed by atoms with Crippen LogP contribution in [0, 0.1) is 6.92 Å². The van der Waals surface area contributed by atoms with E-state index in [-0.39, 0.29) is 24.3 Å². The molecule has 0 spiro atoms. The van der Waals surface area contributed by atoms with Crippen molar-refractivity contribution in [1.82, 2.24) is 0 Å². The highest BCUT2D eigenvalue weighted by molar-refractivity contribution is 9.10.